The number of carbonyl (C=O) groups is 3. The molecule has 1 aliphatic rings. The summed E-state index contributed by atoms with van der Waals surface area (Å²) in [6.45, 7) is 8.51. The molecule has 0 N–H and O–H groups in total. The molecule has 0 aromatic heterocycles. The van der Waals surface area contributed by atoms with Crippen LogP contribution in [0.15, 0.2) is 35.6 Å². The van der Waals surface area contributed by atoms with Gasteiger partial charge in [-0.3, -0.25) is 14.4 Å². The maximum atomic E-state index is 12.9. The number of rotatable bonds is 11. The van der Waals surface area contributed by atoms with Gasteiger partial charge in [-0.2, -0.15) is 0 Å². The van der Waals surface area contributed by atoms with Crippen molar-refractivity contribution in [2.75, 3.05) is 0 Å². The summed E-state index contributed by atoms with van der Waals surface area (Å²) in [5, 5.41) is 0. The van der Waals surface area contributed by atoms with Gasteiger partial charge in [-0.25, -0.2) is 0 Å². The molecule has 1 aliphatic carbocycles. The molecule has 4 nitrogen and oxygen atoms in total. The van der Waals surface area contributed by atoms with Gasteiger partial charge >= 0.3 is 5.97 Å². The highest BCUT2D eigenvalue weighted by molar-refractivity contribution is 6.76. The molecule has 0 spiro atoms. The second-order valence-corrected chi connectivity index (χ2v) is 14.8. The zero-order valence-corrected chi connectivity index (χ0v) is 19.3. The molecule has 2 rings (SSSR count). The molecule has 29 heavy (non-hydrogen) atoms. The molecule has 1 aromatic carbocycles. The van der Waals surface area contributed by atoms with E-state index >= 15 is 0 Å². The minimum absolute atomic E-state index is 0.0763. The van der Waals surface area contributed by atoms with Gasteiger partial charge in [-0.15, -0.1) is 0 Å². The molecule has 158 valence electrons. The number of unbranched alkanes of at least 4 members (excludes halogenated alkanes) is 6. The number of ether oxygens (including phenoxy) is 1. The van der Waals surface area contributed by atoms with Crippen molar-refractivity contribution >= 4 is 25.6 Å². The van der Waals surface area contributed by atoms with Gasteiger partial charge in [-0.1, -0.05) is 88.5 Å². The van der Waals surface area contributed by atoms with Crippen molar-refractivity contribution < 1.29 is 19.1 Å². The molecule has 5 heteroatoms. The van der Waals surface area contributed by atoms with E-state index in [-0.39, 0.29) is 17.3 Å². The van der Waals surface area contributed by atoms with E-state index in [2.05, 4.69) is 19.6 Å². The number of esters is 1. The Morgan fingerprint density at radius 2 is 1.34 bits per heavy atom. The first-order valence-electron chi connectivity index (χ1n) is 10.8. The predicted octanol–water partition coefficient (Wildman–Crippen LogP) is 6.34. The third-order valence-corrected chi connectivity index (χ3v) is 7.12. The fourth-order valence-electron chi connectivity index (χ4n) is 3.72. The van der Waals surface area contributed by atoms with Crippen molar-refractivity contribution in [1.29, 1.82) is 0 Å². The van der Waals surface area contributed by atoms with Crippen molar-refractivity contribution in [3.63, 3.8) is 0 Å². The summed E-state index contributed by atoms with van der Waals surface area (Å²) < 4.78 is 5.17. The van der Waals surface area contributed by atoms with Crippen LogP contribution in [0, 0.1) is 0 Å². The van der Waals surface area contributed by atoms with E-state index in [4.69, 9.17) is 4.74 Å². The Balaban J connectivity index is 1.86. The van der Waals surface area contributed by atoms with Gasteiger partial charge < -0.3 is 4.74 Å². The average Bonchev–Trinajstić information content (AvgIpc) is 2.65. The first kappa shape index (κ1) is 23.3. The zero-order valence-electron chi connectivity index (χ0n) is 18.3. The summed E-state index contributed by atoms with van der Waals surface area (Å²) in [6.07, 6.45) is 8.53. The third-order valence-electron chi connectivity index (χ3n) is 5.27. The largest absolute Gasteiger partial charge is 0.422 e. The maximum Gasteiger partial charge on any atom is 0.308 e. The van der Waals surface area contributed by atoms with Crippen molar-refractivity contribution in [2.45, 2.75) is 84.0 Å². The normalized spacial score (nSPS) is 14.2. The van der Waals surface area contributed by atoms with Crippen LogP contribution < -0.4 is 0 Å². The van der Waals surface area contributed by atoms with E-state index in [1.54, 1.807) is 24.3 Å². The molecule has 0 amide bonds. The number of allylic oxidation sites excluding steroid dienone is 2. The van der Waals surface area contributed by atoms with E-state index in [0.29, 0.717) is 23.1 Å². The number of hydrogen-bond acceptors (Lipinski definition) is 4. The predicted molar refractivity (Wildman–Crippen MR) is 119 cm³/mol. The summed E-state index contributed by atoms with van der Waals surface area (Å²) in [6, 6.07) is 8.14. The quantitative estimate of drug-likeness (QED) is 0.241. The highest BCUT2D eigenvalue weighted by Crippen LogP contribution is 2.30. The van der Waals surface area contributed by atoms with Crippen molar-refractivity contribution in [2.24, 2.45) is 0 Å². The minimum atomic E-state index is -0.914. The number of carbonyl (C=O) groups excluding carboxylic acids is 3. The Labute approximate surface area is 175 Å². The molecule has 0 aliphatic heterocycles. The smallest absolute Gasteiger partial charge is 0.308 e. The number of hydrogen-bond donors (Lipinski definition) is 0. The summed E-state index contributed by atoms with van der Waals surface area (Å²) in [5.41, 5.74) is 1.07. The van der Waals surface area contributed by atoms with Crippen molar-refractivity contribution in [3.05, 3.63) is 46.7 Å². The van der Waals surface area contributed by atoms with Crippen LogP contribution in [0.5, 0.6) is 0 Å². The monoisotopic (exact) mass is 414 g/mol. The van der Waals surface area contributed by atoms with E-state index in [1.165, 1.54) is 38.7 Å². The SMILES string of the molecule is CC(=O)OC1=C(CCCCCCCCC[Si](C)(C)C)C(=O)c2ccccc2C1=O. The Kier molecular flexibility index (Phi) is 8.56. The lowest BCUT2D eigenvalue weighted by atomic mass is 9.86. The average molecular weight is 415 g/mol. The number of benzene rings is 1. The van der Waals surface area contributed by atoms with Crippen LogP contribution in [0.4, 0.5) is 0 Å². The molecular weight excluding hydrogens is 380 g/mol. The topological polar surface area (TPSA) is 60.4 Å². The Hall–Kier alpha value is -2.01. The summed E-state index contributed by atoms with van der Waals surface area (Å²) in [4.78, 5) is 37.1. The standard InChI is InChI=1S/C24H34O4Si/c1-18(25)28-24-21(22(26)19-14-11-12-15-20(19)23(24)27)16-10-8-6-5-7-9-13-17-29(2,3)4/h11-12,14-15H,5-10,13,16-17H2,1-4H3. The van der Waals surface area contributed by atoms with Gasteiger partial charge in [-0.05, 0) is 12.8 Å². The number of Topliss-reactive ketones (excluding diaryl/α,β-unsaturated/α-hetero) is 2. The lowest BCUT2D eigenvalue weighted by molar-refractivity contribution is -0.136. The number of ketones is 2. The van der Waals surface area contributed by atoms with Gasteiger partial charge in [0.15, 0.2) is 11.5 Å². The summed E-state index contributed by atoms with van der Waals surface area (Å²) in [7, 11) is -0.914. The molecule has 0 radical (unpaired) electrons. The van der Waals surface area contributed by atoms with Crippen LogP contribution >= 0.6 is 0 Å². The third kappa shape index (κ3) is 7.07. The van der Waals surface area contributed by atoms with Crippen LogP contribution in [0.2, 0.25) is 25.7 Å². The lowest BCUT2D eigenvalue weighted by Crippen LogP contribution is -2.24. The molecule has 0 atom stereocenters. The molecule has 0 bridgehead atoms. The van der Waals surface area contributed by atoms with E-state index in [0.717, 1.165) is 19.3 Å². The first-order valence-corrected chi connectivity index (χ1v) is 14.5. The van der Waals surface area contributed by atoms with Crippen LogP contribution in [0.25, 0.3) is 0 Å². The number of fused-ring (bicyclic) bond motifs is 1. The van der Waals surface area contributed by atoms with Crippen LogP contribution in [-0.2, 0) is 9.53 Å². The Bertz CT molecular complexity index is 786. The van der Waals surface area contributed by atoms with E-state index < -0.39 is 14.0 Å². The van der Waals surface area contributed by atoms with Crippen LogP contribution in [0.1, 0.15) is 79.0 Å². The first-order chi connectivity index (χ1) is 13.7. The lowest BCUT2D eigenvalue weighted by Gasteiger charge is -2.20. The zero-order chi connectivity index (χ0) is 21.4. The molecular formula is C24H34O4Si. The van der Waals surface area contributed by atoms with Crippen molar-refractivity contribution in [3.8, 4) is 0 Å². The minimum Gasteiger partial charge on any atom is -0.422 e. The van der Waals surface area contributed by atoms with Gasteiger partial charge in [0, 0.05) is 31.7 Å². The van der Waals surface area contributed by atoms with Crippen LogP contribution in [0.3, 0.4) is 0 Å². The second kappa shape index (κ2) is 10.7. The fourth-order valence-corrected chi connectivity index (χ4v) is 5.03. The molecule has 0 saturated carbocycles. The highest BCUT2D eigenvalue weighted by Gasteiger charge is 2.33. The van der Waals surface area contributed by atoms with E-state index in [9.17, 15) is 14.4 Å². The molecule has 0 saturated heterocycles. The molecule has 1 aromatic rings. The van der Waals surface area contributed by atoms with Gasteiger partial charge in [0.25, 0.3) is 0 Å². The van der Waals surface area contributed by atoms with Gasteiger partial charge in [0.1, 0.15) is 0 Å². The summed E-state index contributed by atoms with van der Waals surface area (Å²) in [5.74, 6) is -1.21. The van der Waals surface area contributed by atoms with Crippen molar-refractivity contribution in [1.82, 2.24) is 0 Å². The fraction of sp³-hybridized carbons (Fsp3) is 0.542. The summed E-state index contributed by atoms with van der Waals surface area (Å²) >= 11 is 0. The maximum absolute atomic E-state index is 12.9. The highest BCUT2D eigenvalue weighted by atomic mass is 28.3. The van der Waals surface area contributed by atoms with Gasteiger partial charge in [0.2, 0.25) is 5.78 Å². The Morgan fingerprint density at radius 1 is 0.828 bits per heavy atom. The molecule has 0 fully saturated rings. The van der Waals surface area contributed by atoms with Gasteiger partial charge in [0.05, 0.1) is 0 Å². The molecule has 0 unspecified atom stereocenters. The molecule has 0 heterocycles. The van der Waals surface area contributed by atoms with E-state index in [1.807, 2.05) is 0 Å². The second-order valence-electron chi connectivity index (χ2n) is 9.14. The van der Waals surface area contributed by atoms with Crippen LogP contribution in [-0.4, -0.2) is 25.6 Å². The Morgan fingerprint density at radius 3 is 1.90 bits per heavy atom.